The minimum atomic E-state index is -3.71. The zero-order valence-electron chi connectivity index (χ0n) is 11.4. The molecule has 3 heterocycles. The Labute approximate surface area is 145 Å². The van der Waals surface area contributed by atoms with E-state index in [-0.39, 0.29) is 23.2 Å². The van der Waals surface area contributed by atoms with E-state index in [1.54, 1.807) is 11.5 Å². The van der Waals surface area contributed by atoms with E-state index >= 15 is 0 Å². The fourth-order valence-corrected chi connectivity index (χ4v) is 5.48. The number of thiophene rings is 1. The van der Waals surface area contributed by atoms with Crippen LogP contribution in [0.3, 0.4) is 0 Å². The van der Waals surface area contributed by atoms with Crippen LogP contribution in [0.25, 0.3) is 0 Å². The minimum absolute atomic E-state index is 0.0784. The molecule has 0 radical (unpaired) electrons. The lowest BCUT2D eigenvalue weighted by Gasteiger charge is -2.25. The first kappa shape index (κ1) is 16.7. The van der Waals surface area contributed by atoms with Crippen molar-refractivity contribution in [3.8, 4) is 0 Å². The number of carbonyl (C=O) groups is 2. The Morgan fingerprint density at radius 2 is 2.13 bits per heavy atom. The largest absolute Gasteiger partial charge is 0.350 e. The summed E-state index contributed by atoms with van der Waals surface area (Å²) in [6.07, 6.45) is 1.63. The maximum Gasteiger partial charge on any atom is 0.350 e. The third-order valence-corrected chi connectivity index (χ3v) is 7.30. The summed E-state index contributed by atoms with van der Waals surface area (Å²) in [5.41, 5.74) is 0.440. The zero-order chi connectivity index (χ0) is 16.6. The topological polar surface area (TPSA) is 95.9 Å². The molecular weight excluding hydrogens is 382 g/mol. The lowest BCUT2D eigenvalue weighted by atomic mass is 10.2. The first-order valence-corrected chi connectivity index (χ1v) is 10.0. The normalized spacial score (nSPS) is 20.8. The molecule has 23 heavy (non-hydrogen) atoms. The van der Waals surface area contributed by atoms with Crippen LogP contribution in [0.2, 0.25) is 4.34 Å². The Kier molecular flexibility index (Phi) is 4.61. The van der Waals surface area contributed by atoms with E-state index in [0.717, 1.165) is 16.2 Å². The number of halogens is 1. The summed E-state index contributed by atoms with van der Waals surface area (Å²) in [7, 11) is -3.71. The number of fused-ring (bicyclic) bond motifs is 1. The number of hydrogen-bond donors (Lipinski definition) is 1. The summed E-state index contributed by atoms with van der Waals surface area (Å²) in [6, 6.07) is 2.20. The Hall–Kier alpha value is -1.20. The monoisotopic (exact) mass is 391 g/mol. The van der Waals surface area contributed by atoms with Crippen LogP contribution < -0.4 is 4.72 Å². The molecule has 0 saturated carbocycles. The predicted molar refractivity (Wildman–Crippen MR) is 89.6 cm³/mol. The Balaban J connectivity index is 1.63. The number of hydrogen-bond acceptors (Lipinski definition) is 6. The highest BCUT2D eigenvalue weighted by Crippen LogP contribution is 2.28. The van der Waals surface area contributed by atoms with Crippen molar-refractivity contribution in [1.82, 2.24) is 9.62 Å². The molecule has 0 bridgehead atoms. The number of nitrogens with one attached hydrogen (secondary N) is 1. The fourth-order valence-electron chi connectivity index (χ4n) is 2.04. The highest BCUT2D eigenvalue weighted by molar-refractivity contribution is 8.04. The molecular formula is C12H10ClN3O4S3. The van der Waals surface area contributed by atoms with E-state index in [1.807, 2.05) is 0 Å². The highest BCUT2D eigenvalue weighted by atomic mass is 35.5. The molecule has 0 aromatic carbocycles. The van der Waals surface area contributed by atoms with Crippen molar-refractivity contribution in [3.05, 3.63) is 28.0 Å². The van der Waals surface area contributed by atoms with Crippen molar-refractivity contribution >= 4 is 62.4 Å². The lowest BCUT2D eigenvalue weighted by Crippen LogP contribution is -2.49. The molecule has 3 amide bonds. The SMILES string of the molecule is O=C1N=C2C=CSC2C(=O)N1CCNS(=O)(=O)c1ccc(Cl)s1. The molecule has 122 valence electrons. The van der Waals surface area contributed by atoms with Crippen LogP contribution in [0.1, 0.15) is 0 Å². The number of thioether (sulfide) groups is 1. The van der Waals surface area contributed by atoms with Crippen LogP contribution in [0.4, 0.5) is 4.79 Å². The van der Waals surface area contributed by atoms with Crippen LogP contribution in [0.15, 0.2) is 32.8 Å². The van der Waals surface area contributed by atoms with Crippen LogP contribution in [-0.2, 0) is 14.8 Å². The summed E-state index contributed by atoms with van der Waals surface area (Å²) in [4.78, 5) is 28.9. The molecule has 0 aliphatic carbocycles. The third-order valence-electron chi connectivity index (χ3n) is 3.11. The molecule has 1 N–H and O–H groups in total. The van der Waals surface area contributed by atoms with Crippen molar-refractivity contribution in [3.63, 3.8) is 0 Å². The number of amides is 3. The van der Waals surface area contributed by atoms with Crippen molar-refractivity contribution in [2.75, 3.05) is 13.1 Å². The molecule has 1 unspecified atom stereocenters. The van der Waals surface area contributed by atoms with Gasteiger partial charge >= 0.3 is 6.03 Å². The number of urea groups is 1. The Morgan fingerprint density at radius 3 is 2.83 bits per heavy atom. The molecule has 7 nitrogen and oxygen atoms in total. The summed E-state index contributed by atoms with van der Waals surface area (Å²) >= 11 is 7.92. The standard InChI is InChI=1S/C12H10ClN3O4S3/c13-8-1-2-9(22-8)23(19,20)14-4-5-16-11(17)10-7(3-6-21-10)15-12(16)18/h1-3,6,10,14H,4-5H2. The maximum absolute atomic E-state index is 12.2. The van der Waals surface area contributed by atoms with Gasteiger partial charge in [0, 0.05) is 13.1 Å². The maximum atomic E-state index is 12.2. The van der Waals surface area contributed by atoms with E-state index in [4.69, 9.17) is 11.6 Å². The van der Waals surface area contributed by atoms with Crippen LogP contribution >= 0.6 is 34.7 Å². The number of allylic oxidation sites excluding steroid dienone is 1. The Morgan fingerprint density at radius 1 is 1.35 bits per heavy atom. The second kappa shape index (κ2) is 6.36. The molecule has 2 aliphatic rings. The Bertz CT molecular complexity index is 830. The van der Waals surface area contributed by atoms with Gasteiger partial charge in [-0.1, -0.05) is 11.6 Å². The molecule has 1 atom stereocenters. The number of sulfonamides is 1. The van der Waals surface area contributed by atoms with Crippen molar-refractivity contribution in [2.24, 2.45) is 4.99 Å². The molecule has 1 aromatic rings. The third kappa shape index (κ3) is 3.36. The highest BCUT2D eigenvalue weighted by Gasteiger charge is 2.38. The molecule has 0 saturated heterocycles. The number of carbonyl (C=O) groups excluding carboxylic acids is 2. The zero-order valence-corrected chi connectivity index (χ0v) is 14.6. The first-order valence-electron chi connectivity index (χ1n) is 6.39. The van der Waals surface area contributed by atoms with E-state index in [1.165, 1.54) is 23.9 Å². The van der Waals surface area contributed by atoms with Gasteiger partial charge in [-0.3, -0.25) is 9.69 Å². The lowest BCUT2D eigenvalue weighted by molar-refractivity contribution is -0.126. The van der Waals surface area contributed by atoms with E-state index in [0.29, 0.717) is 10.0 Å². The summed E-state index contributed by atoms with van der Waals surface area (Å²) in [5, 5.41) is 1.20. The van der Waals surface area contributed by atoms with E-state index < -0.39 is 21.3 Å². The average molecular weight is 392 g/mol. The van der Waals surface area contributed by atoms with Gasteiger partial charge in [0.2, 0.25) is 15.9 Å². The van der Waals surface area contributed by atoms with Crippen LogP contribution in [-0.4, -0.2) is 49.3 Å². The predicted octanol–water partition coefficient (Wildman–Crippen LogP) is 1.71. The van der Waals surface area contributed by atoms with Crippen molar-refractivity contribution in [1.29, 1.82) is 0 Å². The summed E-state index contributed by atoms with van der Waals surface area (Å²) in [6.45, 7) is -0.172. The van der Waals surface area contributed by atoms with Gasteiger partial charge in [-0.25, -0.2) is 17.9 Å². The van der Waals surface area contributed by atoms with Crippen molar-refractivity contribution < 1.29 is 18.0 Å². The van der Waals surface area contributed by atoms with Gasteiger partial charge in [-0.2, -0.15) is 4.99 Å². The average Bonchev–Trinajstić information content (AvgIpc) is 3.11. The number of rotatable bonds is 5. The quantitative estimate of drug-likeness (QED) is 0.824. The van der Waals surface area contributed by atoms with E-state index in [2.05, 4.69) is 9.71 Å². The van der Waals surface area contributed by atoms with Gasteiger partial charge in [0.05, 0.1) is 10.0 Å². The molecule has 11 heteroatoms. The second-order valence-corrected chi connectivity index (χ2v) is 9.31. The van der Waals surface area contributed by atoms with Gasteiger partial charge in [0.25, 0.3) is 0 Å². The summed E-state index contributed by atoms with van der Waals surface area (Å²) < 4.78 is 26.9. The second-order valence-electron chi connectivity index (χ2n) is 4.58. The number of aliphatic imine (C=N–C) groups is 1. The molecule has 0 spiro atoms. The fraction of sp³-hybridized carbons (Fsp3) is 0.250. The van der Waals surface area contributed by atoms with E-state index in [9.17, 15) is 18.0 Å². The van der Waals surface area contributed by atoms with Gasteiger partial charge in [-0.15, -0.1) is 23.1 Å². The van der Waals surface area contributed by atoms with Gasteiger partial charge in [0.1, 0.15) is 9.46 Å². The smallest absolute Gasteiger partial charge is 0.273 e. The molecule has 3 rings (SSSR count). The van der Waals surface area contributed by atoms with Gasteiger partial charge in [0.15, 0.2) is 0 Å². The number of imide groups is 1. The van der Waals surface area contributed by atoms with Crippen molar-refractivity contribution in [2.45, 2.75) is 9.46 Å². The molecule has 1 aromatic heterocycles. The van der Waals surface area contributed by atoms with Crippen LogP contribution in [0.5, 0.6) is 0 Å². The first-order chi connectivity index (χ1) is 10.9. The van der Waals surface area contributed by atoms with Gasteiger partial charge in [-0.05, 0) is 23.6 Å². The summed E-state index contributed by atoms with van der Waals surface area (Å²) in [5.74, 6) is -0.381. The molecule has 2 aliphatic heterocycles. The number of nitrogens with zero attached hydrogens (tertiary/aromatic N) is 2. The van der Waals surface area contributed by atoms with Crippen LogP contribution in [0, 0.1) is 0 Å². The molecule has 0 fully saturated rings. The van der Waals surface area contributed by atoms with Gasteiger partial charge < -0.3 is 0 Å². The minimum Gasteiger partial charge on any atom is -0.273 e.